The summed E-state index contributed by atoms with van der Waals surface area (Å²) in [6, 6.07) is 10.3. The summed E-state index contributed by atoms with van der Waals surface area (Å²) in [5, 5.41) is 11.0. The van der Waals surface area contributed by atoms with Gasteiger partial charge in [-0.25, -0.2) is 0 Å². The first-order chi connectivity index (χ1) is 8.56. The molecule has 0 radical (unpaired) electrons. The Morgan fingerprint density at radius 3 is 2.39 bits per heavy atom. The van der Waals surface area contributed by atoms with Crippen LogP contribution in [0.2, 0.25) is 10.0 Å². The van der Waals surface area contributed by atoms with Crippen LogP contribution in [-0.4, -0.2) is 11.3 Å². The van der Waals surface area contributed by atoms with Crippen LogP contribution in [0.3, 0.4) is 0 Å². The normalized spacial score (nSPS) is 11.1. The second-order valence-electron chi connectivity index (χ2n) is 3.56. The smallest absolute Gasteiger partial charge is 0.138 e. The fraction of sp³-hybridized carbons (Fsp3) is 0. The summed E-state index contributed by atoms with van der Waals surface area (Å²) in [5.41, 5.74) is 1.29. The zero-order valence-corrected chi connectivity index (χ0v) is 12.2. The molecule has 2 aromatic rings. The quantitative estimate of drug-likeness (QED) is 0.745. The molecule has 0 aliphatic carbocycles. The molecule has 2 rings (SSSR count). The van der Waals surface area contributed by atoms with Gasteiger partial charge in [0.25, 0.3) is 0 Å². The van der Waals surface area contributed by atoms with Crippen molar-refractivity contribution in [3.8, 4) is 5.75 Å². The van der Waals surface area contributed by atoms with Crippen LogP contribution in [0.15, 0.2) is 45.9 Å². The molecule has 0 aromatic heterocycles. The van der Waals surface area contributed by atoms with Crippen molar-refractivity contribution in [3.63, 3.8) is 0 Å². The highest BCUT2D eigenvalue weighted by Gasteiger charge is 2.05. The SMILES string of the molecule is Oc1c(Br)cc(Cl)cc1C=Nc1ccc(Cl)cc1. The molecule has 0 aliphatic rings. The Morgan fingerprint density at radius 2 is 1.72 bits per heavy atom. The van der Waals surface area contributed by atoms with Gasteiger partial charge in [-0.15, -0.1) is 0 Å². The van der Waals surface area contributed by atoms with Crippen molar-refractivity contribution in [3.05, 3.63) is 56.5 Å². The van der Waals surface area contributed by atoms with E-state index >= 15 is 0 Å². The summed E-state index contributed by atoms with van der Waals surface area (Å²) in [5.74, 6) is 0.108. The molecule has 0 spiro atoms. The van der Waals surface area contributed by atoms with Gasteiger partial charge in [0, 0.05) is 21.8 Å². The number of hydrogen-bond donors (Lipinski definition) is 1. The average molecular weight is 345 g/mol. The van der Waals surface area contributed by atoms with E-state index in [-0.39, 0.29) is 5.75 Å². The third-order valence-corrected chi connectivity index (χ3v) is 3.31. The molecule has 0 saturated heterocycles. The Morgan fingerprint density at radius 1 is 1.06 bits per heavy atom. The summed E-state index contributed by atoms with van der Waals surface area (Å²) in [4.78, 5) is 4.24. The van der Waals surface area contributed by atoms with Gasteiger partial charge in [0.1, 0.15) is 5.75 Å². The number of nitrogens with zero attached hydrogens (tertiary/aromatic N) is 1. The Labute approximate surface area is 123 Å². The molecule has 0 heterocycles. The van der Waals surface area contributed by atoms with Crippen LogP contribution in [0.1, 0.15) is 5.56 Å². The molecule has 92 valence electrons. The van der Waals surface area contributed by atoms with E-state index in [1.807, 2.05) is 0 Å². The second-order valence-corrected chi connectivity index (χ2v) is 5.29. The average Bonchev–Trinajstić information content (AvgIpc) is 2.34. The summed E-state index contributed by atoms with van der Waals surface area (Å²) in [6.07, 6.45) is 1.55. The summed E-state index contributed by atoms with van der Waals surface area (Å²) >= 11 is 14.9. The lowest BCUT2D eigenvalue weighted by Gasteiger charge is -2.02. The molecule has 2 nitrogen and oxygen atoms in total. The largest absolute Gasteiger partial charge is 0.506 e. The standard InChI is InChI=1S/C13H8BrCl2NO/c14-12-6-10(16)5-8(13(12)18)7-17-11-3-1-9(15)2-4-11/h1-7,18H. The van der Waals surface area contributed by atoms with Crippen molar-refractivity contribution in [2.45, 2.75) is 0 Å². The van der Waals surface area contributed by atoms with Crippen molar-refractivity contribution in [2.24, 2.45) is 4.99 Å². The van der Waals surface area contributed by atoms with Crippen molar-refractivity contribution in [2.75, 3.05) is 0 Å². The highest BCUT2D eigenvalue weighted by molar-refractivity contribution is 9.10. The van der Waals surface area contributed by atoms with Crippen molar-refractivity contribution >= 4 is 51.0 Å². The first-order valence-electron chi connectivity index (χ1n) is 5.04. The minimum atomic E-state index is 0.108. The number of benzene rings is 2. The van der Waals surface area contributed by atoms with Gasteiger partial charge >= 0.3 is 0 Å². The van der Waals surface area contributed by atoms with Gasteiger partial charge in [0.2, 0.25) is 0 Å². The van der Waals surface area contributed by atoms with Crippen molar-refractivity contribution in [1.29, 1.82) is 0 Å². The first kappa shape index (κ1) is 13.4. The Kier molecular flexibility index (Phi) is 4.27. The highest BCUT2D eigenvalue weighted by atomic mass is 79.9. The number of hydrogen-bond acceptors (Lipinski definition) is 2. The summed E-state index contributed by atoms with van der Waals surface area (Å²) in [7, 11) is 0. The van der Waals surface area contributed by atoms with E-state index in [1.165, 1.54) is 0 Å². The molecule has 0 amide bonds. The van der Waals surface area contributed by atoms with E-state index in [4.69, 9.17) is 23.2 Å². The van der Waals surface area contributed by atoms with E-state index in [9.17, 15) is 5.11 Å². The van der Waals surface area contributed by atoms with Gasteiger partial charge in [0.05, 0.1) is 10.2 Å². The van der Waals surface area contributed by atoms with Crippen LogP contribution < -0.4 is 0 Å². The Balaban J connectivity index is 2.31. The number of phenolic OH excluding ortho intramolecular Hbond substituents is 1. The molecule has 5 heteroatoms. The van der Waals surface area contributed by atoms with Crippen LogP contribution in [0.5, 0.6) is 5.75 Å². The molecule has 0 atom stereocenters. The molecule has 18 heavy (non-hydrogen) atoms. The second kappa shape index (κ2) is 5.74. The third kappa shape index (κ3) is 3.25. The number of rotatable bonds is 2. The maximum absolute atomic E-state index is 9.83. The van der Waals surface area contributed by atoms with Crippen LogP contribution >= 0.6 is 39.1 Å². The van der Waals surface area contributed by atoms with Gasteiger partial charge in [0.15, 0.2) is 0 Å². The van der Waals surface area contributed by atoms with Crippen molar-refractivity contribution < 1.29 is 5.11 Å². The Bertz CT molecular complexity index is 597. The van der Waals surface area contributed by atoms with Gasteiger partial charge < -0.3 is 5.11 Å². The zero-order valence-electron chi connectivity index (χ0n) is 9.07. The summed E-state index contributed by atoms with van der Waals surface area (Å²) < 4.78 is 0.535. The highest BCUT2D eigenvalue weighted by Crippen LogP contribution is 2.30. The molecule has 0 unspecified atom stereocenters. The van der Waals surface area contributed by atoms with E-state index < -0.39 is 0 Å². The molecular formula is C13H8BrCl2NO. The van der Waals surface area contributed by atoms with Gasteiger partial charge in [-0.1, -0.05) is 23.2 Å². The Hall–Kier alpha value is -1.03. The maximum atomic E-state index is 9.83. The lowest BCUT2D eigenvalue weighted by molar-refractivity contribution is 0.471. The number of phenols is 1. The molecule has 0 bridgehead atoms. The van der Waals surface area contributed by atoms with E-state index in [1.54, 1.807) is 42.6 Å². The van der Waals surface area contributed by atoms with Gasteiger partial charge in [-0.2, -0.15) is 0 Å². The van der Waals surface area contributed by atoms with E-state index in [0.29, 0.717) is 20.1 Å². The van der Waals surface area contributed by atoms with E-state index in [0.717, 1.165) is 5.69 Å². The predicted molar refractivity (Wildman–Crippen MR) is 79.5 cm³/mol. The minimum Gasteiger partial charge on any atom is -0.506 e. The fourth-order valence-electron chi connectivity index (χ4n) is 1.36. The fourth-order valence-corrected chi connectivity index (χ4v) is 2.32. The van der Waals surface area contributed by atoms with Crippen LogP contribution in [0, 0.1) is 0 Å². The maximum Gasteiger partial charge on any atom is 0.138 e. The summed E-state index contributed by atoms with van der Waals surface area (Å²) in [6.45, 7) is 0. The molecule has 2 aromatic carbocycles. The third-order valence-electron chi connectivity index (χ3n) is 2.24. The van der Waals surface area contributed by atoms with Gasteiger partial charge in [-0.3, -0.25) is 4.99 Å². The molecular weight excluding hydrogens is 337 g/mol. The molecule has 0 aliphatic heterocycles. The minimum absolute atomic E-state index is 0.108. The zero-order chi connectivity index (χ0) is 13.1. The molecule has 0 saturated carbocycles. The van der Waals surface area contributed by atoms with Crippen LogP contribution in [-0.2, 0) is 0 Å². The lowest BCUT2D eigenvalue weighted by Crippen LogP contribution is -1.84. The monoisotopic (exact) mass is 343 g/mol. The number of aliphatic imine (C=N–C) groups is 1. The number of halogens is 3. The lowest BCUT2D eigenvalue weighted by atomic mass is 10.2. The molecule has 1 N–H and O–H groups in total. The predicted octanol–water partition coefficient (Wildman–Crippen LogP) is 5.21. The van der Waals surface area contributed by atoms with Crippen molar-refractivity contribution in [1.82, 2.24) is 0 Å². The van der Waals surface area contributed by atoms with E-state index in [2.05, 4.69) is 20.9 Å². The first-order valence-corrected chi connectivity index (χ1v) is 6.59. The number of aromatic hydroxyl groups is 1. The van der Waals surface area contributed by atoms with Crippen LogP contribution in [0.4, 0.5) is 5.69 Å². The topological polar surface area (TPSA) is 32.6 Å². The van der Waals surface area contributed by atoms with Gasteiger partial charge in [-0.05, 0) is 52.3 Å². The molecule has 0 fully saturated rings. The van der Waals surface area contributed by atoms with Crippen LogP contribution in [0.25, 0.3) is 0 Å².